The van der Waals surface area contributed by atoms with E-state index in [1.54, 1.807) is 0 Å². The molecule has 0 radical (unpaired) electrons. The highest BCUT2D eigenvalue weighted by molar-refractivity contribution is 6.30. The third kappa shape index (κ3) is 3.46. The largest absolute Gasteiger partial charge is 0.310 e. The van der Waals surface area contributed by atoms with E-state index in [4.69, 9.17) is 11.6 Å². The number of hydrogen-bond acceptors (Lipinski definition) is 1. The van der Waals surface area contributed by atoms with Gasteiger partial charge in [0.05, 0.1) is 0 Å². The summed E-state index contributed by atoms with van der Waals surface area (Å²) in [4.78, 5) is 0. The van der Waals surface area contributed by atoms with Crippen LogP contribution in [-0.4, -0.2) is 6.54 Å². The summed E-state index contributed by atoms with van der Waals surface area (Å²) in [5.74, 6) is 1.61. The normalized spacial score (nSPS) is 19.0. The lowest BCUT2D eigenvalue weighted by atomic mass is 9.90. The first kappa shape index (κ1) is 12.9. The van der Waals surface area contributed by atoms with Crippen LogP contribution in [0.15, 0.2) is 24.3 Å². The van der Waals surface area contributed by atoms with Gasteiger partial charge in [-0.3, -0.25) is 0 Å². The van der Waals surface area contributed by atoms with Crippen molar-refractivity contribution in [1.29, 1.82) is 0 Å². The minimum Gasteiger partial charge on any atom is -0.310 e. The molecule has 1 aromatic rings. The van der Waals surface area contributed by atoms with E-state index < -0.39 is 0 Å². The highest BCUT2D eigenvalue weighted by atomic mass is 35.5. The standard InChI is InChI=1S/C15H22ClN/c1-3-9-17-15(11(2)12-7-8-12)13-5-4-6-14(16)10-13/h4-6,10-12,15,17H,3,7-9H2,1-2H3. The van der Waals surface area contributed by atoms with Crippen molar-refractivity contribution in [3.8, 4) is 0 Å². The molecule has 1 nitrogen and oxygen atoms in total. The molecule has 2 heteroatoms. The topological polar surface area (TPSA) is 12.0 Å². The molecule has 1 saturated carbocycles. The molecule has 0 amide bonds. The summed E-state index contributed by atoms with van der Waals surface area (Å²) >= 11 is 6.10. The Labute approximate surface area is 110 Å². The van der Waals surface area contributed by atoms with Gasteiger partial charge < -0.3 is 5.32 Å². The summed E-state index contributed by atoms with van der Waals surface area (Å²) < 4.78 is 0. The molecule has 2 unspecified atom stereocenters. The third-order valence-electron chi connectivity index (χ3n) is 3.71. The first-order chi connectivity index (χ1) is 8.22. The summed E-state index contributed by atoms with van der Waals surface area (Å²) in [5.41, 5.74) is 1.34. The molecule has 2 rings (SSSR count). The van der Waals surface area contributed by atoms with Crippen LogP contribution in [-0.2, 0) is 0 Å². The highest BCUT2D eigenvalue weighted by Crippen LogP contribution is 2.42. The number of halogens is 1. The molecule has 2 atom stereocenters. The van der Waals surface area contributed by atoms with Gasteiger partial charge in [0, 0.05) is 11.1 Å². The Morgan fingerprint density at radius 1 is 1.41 bits per heavy atom. The molecule has 1 aliphatic carbocycles. The van der Waals surface area contributed by atoms with E-state index >= 15 is 0 Å². The maximum atomic E-state index is 6.10. The monoisotopic (exact) mass is 251 g/mol. The van der Waals surface area contributed by atoms with Crippen molar-refractivity contribution in [2.24, 2.45) is 11.8 Å². The second kappa shape index (κ2) is 5.88. The zero-order valence-electron chi connectivity index (χ0n) is 10.7. The zero-order valence-corrected chi connectivity index (χ0v) is 11.5. The maximum absolute atomic E-state index is 6.10. The average Bonchev–Trinajstić information content (AvgIpc) is 3.13. The van der Waals surface area contributed by atoms with Crippen molar-refractivity contribution >= 4 is 11.6 Å². The van der Waals surface area contributed by atoms with E-state index in [0.29, 0.717) is 12.0 Å². The average molecular weight is 252 g/mol. The third-order valence-corrected chi connectivity index (χ3v) is 3.95. The van der Waals surface area contributed by atoms with Crippen LogP contribution in [0.25, 0.3) is 0 Å². The van der Waals surface area contributed by atoms with Crippen LogP contribution in [0.3, 0.4) is 0 Å². The SMILES string of the molecule is CCCNC(c1cccc(Cl)c1)C(C)C1CC1. The van der Waals surface area contributed by atoms with Gasteiger partial charge >= 0.3 is 0 Å². The number of rotatable bonds is 6. The second-order valence-corrected chi connectivity index (χ2v) is 5.62. The van der Waals surface area contributed by atoms with Gasteiger partial charge in [-0.25, -0.2) is 0 Å². The van der Waals surface area contributed by atoms with E-state index in [9.17, 15) is 0 Å². The van der Waals surface area contributed by atoms with E-state index in [2.05, 4.69) is 37.4 Å². The molecule has 17 heavy (non-hydrogen) atoms. The lowest BCUT2D eigenvalue weighted by Crippen LogP contribution is -2.28. The number of benzene rings is 1. The fraction of sp³-hybridized carbons (Fsp3) is 0.600. The molecule has 1 aromatic carbocycles. The molecule has 0 aromatic heterocycles. The van der Waals surface area contributed by atoms with Crippen molar-refractivity contribution in [2.75, 3.05) is 6.54 Å². The minimum absolute atomic E-state index is 0.459. The Hall–Kier alpha value is -0.530. The quantitative estimate of drug-likeness (QED) is 0.789. The van der Waals surface area contributed by atoms with Crippen molar-refractivity contribution in [3.63, 3.8) is 0 Å². The predicted molar refractivity (Wildman–Crippen MR) is 74.4 cm³/mol. The Kier molecular flexibility index (Phi) is 4.47. The first-order valence-corrected chi connectivity index (χ1v) is 7.09. The van der Waals surface area contributed by atoms with E-state index in [1.165, 1.54) is 24.8 Å². The van der Waals surface area contributed by atoms with Gasteiger partial charge in [-0.15, -0.1) is 0 Å². The molecule has 0 saturated heterocycles. The van der Waals surface area contributed by atoms with Gasteiger partial charge in [0.1, 0.15) is 0 Å². The number of nitrogens with one attached hydrogen (secondary N) is 1. The number of hydrogen-bond donors (Lipinski definition) is 1. The lowest BCUT2D eigenvalue weighted by molar-refractivity contribution is 0.350. The van der Waals surface area contributed by atoms with Crippen molar-refractivity contribution in [1.82, 2.24) is 5.32 Å². The molecule has 94 valence electrons. The minimum atomic E-state index is 0.459. The summed E-state index contributed by atoms with van der Waals surface area (Å²) in [5, 5.41) is 4.52. The fourth-order valence-corrected chi connectivity index (χ4v) is 2.70. The van der Waals surface area contributed by atoms with Gasteiger partial charge in [-0.1, -0.05) is 37.6 Å². The van der Waals surface area contributed by atoms with Gasteiger partial charge in [0.2, 0.25) is 0 Å². The Bertz CT molecular complexity index is 360. The second-order valence-electron chi connectivity index (χ2n) is 5.18. The Morgan fingerprint density at radius 3 is 2.76 bits per heavy atom. The van der Waals surface area contributed by atoms with Crippen LogP contribution in [0.4, 0.5) is 0 Å². The fourth-order valence-electron chi connectivity index (χ4n) is 2.50. The molecule has 1 N–H and O–H groups in total. The van der Waals surface area contributed by atoms with Gasteiger partial charge in [-0.05, 0) is 55.3 Å². The molecular formula is C15H22ClN. The molecule has 0 bridgehead atoms. The maximum Gasteiger partial charge on any atom is 0.0409 e. The summed E-state index contributed by atoms with van der Waals surface area (Å²) in [6, 6.07) is 8.76. The van der Waals surface area contributed by atoms with Crippen LogP contribution in [0.1, 0.15) is 44.7 Å². The van der Waals surface area contributed by atoms with Crippen LogP contribution < -0.4 is 5.32 Å². The van der Waals surface area contributed by atoms with E-state index in [-0.39, 0.29) is 0 Å². The molecular weight excluding hydrogens is 230 g/mol. The molecule has 1 fully saturated rings. The van der Waals surface area contributed by atoms with Crippen molar-refractivity contribution in [2.45, 2.75) is 39.2 Å². The Morgan fingerprint density at radius 2 is 2.18 bits per heavy atom. The van der Waals surface area contributed by atoms with E-state index in [0.717, 1.165) is 17.5 Å². The van der Waals surface area contributed by atoms with Crippen molar-refractivity contribution < 1.29 is 0 Å². The molecule has 0 aliphatic heterocycles. The van der Waals surface area contributed by atoms with Gasteiger partial charge in [0.15, 0.2) is 0 Å². The molecule has 0 heterocycles. The summed E-state index contributed by atoms with van der Waals surface area (Å²) in [7, 11) is 0. The summed E-state index contributed by atoms with van der Waals surface area (Å²) in [6.07, 6.45) is 3.96. The Balaban J connectivity index is 2.13. The van der Waals surface area contributed by atoms with Crippen LogP contribution >= 0.6 is 11.6 Å². The zero-order chi connectivity index (χ0) is 12.3. The molecule has 0 spiro atoms. The van der Waals surface area contributed by atoms with Crippen molar-refractivity contribution in [3.05, 3.63) is 34.9 Å². The highest BCUT2D eigenvalue weighted by Gasteiger charge is 2.33. The van der Waals surface area contributed by atoms with E-state index in [1.807, 2.05) is 6.07 Å². The van der Waals surface area contributed by atoms with Gasteiger partial charge in [0.25, 0.3) is 0 Å². The van der Waals surface area contributed by atoms with Crippen LogP contribution in [0.5, 0.6) is 0 Å². The predicted octanol–water partition coefficient (Wildman–Crippen LogP) is 4.43. The summed E-state index contributed by atoms with van der Waals surface area (Å²) in [6.45, 7) is 5.66. The first-order valence-electron chi connectivity index (χ1n) is 6.71. The van der Waals surface area contributed by atoms with Gasteiger partial charge in [-0.2, -0.15) is 0 Å². The molecule has 1 aliphatic rings. The van der Waals surface area contributed by atoms with Crippen LogP contribution in [0, 0.1) is 11.8 Å². The lowest BCUT2D eigenvalue weighted by Gasteiger charge is -2.26. The van der Waals surface area contributed by atoms with Crippen LogP contribution in [0.2, 0.25) is 5.02 Å². The smallest absolute Gasteiger partial charge is 0.0409 e.